The van der Waals surface area contributed by atoms with E-state index in [9.17, 15) is 8.78 Å². The number of nitrogens with two attached hydrogens (primary N) is 1. The van der Waals surface area contributed by atoms with Crippen LogP contribution in [-0.4, -0.2) is 32.5 Å². The second-order valence-electron chi connectivity index (χ2n) is 8.96. The Morgan fingerprint density at radius 2 is 2.08 bits per heavy atom. The van der Waals surface area contributed by atoms with Gasteiger partial charge in [0.15, 0.2) is 0 Å². The van der Waals surface area contributed by atoms with Crippen molar-refractivity contribution in [1.82, 2.24) is 19.9 Å². The van der Waals surface area contributed by atoms with E-state index in [-0.39, 0.29) is 24.1 Å². The van der Waals surface area contributed by atoms with Crippen LogP contribution in [0.1, 0.15) is 44.5 Å². The van der Waals surface area contributed by atoms with Gasteiger partial charge in [0.05, 0.1) is 21.7 Å². The number of pyridine rings is 1. The SMILES string of the molecule is C=C/C(F)=C(CNc1nc(C)c(-c2nc3c(CN)nccc3s2)c(N[C@H]2CCC(C)C2)n1)\C(F)=C/C. The van der Waals surface area contributed by atoms with Crippen molar-refractivity contribution in [2.45, 2.75) is 52.6 Å². The Morgan fingerprint density at radius 1 is 1.28 bits per heavy atom. The fourth-order valence-corrected chi connectivity index (χ4v) is 5.54. The van der Waals surface area contributed by atoms with Crippen LogP contribution < -0.4 is 16.4 Å². The van der Waals surface area contributed by atoms with Crippen molar-refractivity contribution < 1.29 is 8.78 Å². The summed E-state index contributed by atoms with van der Waals surface area (Å²) in [5.74, 6) is 0.152. The van der Waals surface area contributed by atoms with Gasteiger partial charge in [0.25, 0.3) is 0 Å². The van der Waals surface area contributed by atoms with Gasteiger partial charge < -0.3 is 16.4 Å². The van der Waals surface area contributed by atoms with Crippen LogP contribution in [0.3, 0.4) is 0 Å². The fraction of sp³-hybridized carbons (Fsp3) is 0.385. The minimum absolute atomic E-state index is 0.126. The van der Waals surface area contributed by atoms with E-state index in [2.05, 4.69) is 34.1 Å². The van der Waals surface area contributed by atoms with Crippen molar-refractivity contribution in [1.29, 1.82) is 0 Å². The Labute approximate surface area is 213 Å². The van der Waals surface area contributed by atoms with Gasteiger partial charge in [-0.05, 0) is 51.2 Å². The van der Waals surface area contributed by atoms with Crippen LogP contribution in [0.4, 0.5) is 20.5 Å². The topological polar surface area (TPSA) is 102 Å². The van der Waals surface area contributed by atoms with Crippen molar-refractivity contribution >= 4 is 33.3 Å². The van der Waals surface area contributed by atoms with Crippen LogP contribution >= 0.6 is 11.3 Å². The van der Waals surface area contributed by atoms with Gasteiger partial charge in [-0.1, -0.05) is 19.6 Å². The predicted octanol–water partition coefficient (Wildman–Crippen LogP) is 6.21. The van der Waals surface area contributed by atoms with E-state index in [1.807, 2.05) is 13.0 Å². The second-order valence-corrected chi connectivity index (χ2v) is 9.99. The highest BCUT2D eigenvalue weighted by atomic mass is 32.1. The largest absolute Gasteiger partial charge is 0.367 e. The van der Waals surface area contributed by atoms with Gasteiger partial charge >= 0.3 is 0 Å². The molecule has 190 valence electrons. The first-order valence-corrected chi connectivity index (χ1v) is 12.8. The summed E-state index contributed by atoms with van der Waals surface area (Å²) in [7, 11) is 0. The third kappa shape index (κ3) is 5.44. The molecule has 36 heavy (non-hydrogen) atoms. The standard InChI is InChI=1S/C26H31F2N7S/c1-5-18(27)17(19(28)6-2)13-31-26-32-15(4)22(24(35-26)33-16-8-7-14(3)11-16)25-34-23-20(12-29)30-10-9-21(23)36-25/h5-6,9-10,14,16H,1,7-8,11-13,29H2,2-4H3,(H2,31,32,33,35)/b18-17+,19-6+/t14?,16-/m0/s1. The number of allylic oxidation sites excluding steroid dienone is 3. The molecule has 3 heterocycles. The van der Waals surface area contributed by atoms with Gasteiger partial charge in [0.2, 0.25) is 5.95 Å². The lowest BCUT2D eigenvalue weighted by molar-refractivity contribution is 0.602. The first-order valence-electron chi connectivity index (χ1n) is 12.0. The number of nitrogens with zero attached hydrogens (tertiary/aromatic N) is 4. The maximum atomic E-state index is 14.3. The van der Waals surface area contributed by atoms with E-state index < -0.39 is 11.7 Å². The lowest BCUT2D eigenvalue weighted by Gasteiger charge is -2.18. The van der Waals surface area contributed by atoms with E-state index in [1.165, 1.54) is 24.3 Å². The Hall–Kier alpha value is -3.24. The van der Waals surface area contributed by atoms with Crippen molar-refractivity contribution in [3.63, 3.8) is 0 Å². The number of aryl methyl sites for hydroxylation is 1. The molecule has 2 atom stereocenters. The zero-order chi connectivity index (χ0) is 25.8. The summed E-state index contributed by atoms with van der Waals surface area (Å²) in [6.45, 7) is 9.21. The summed E-state index contributed by atoms with van der Waals surface area (Å²) in [5, 5.41) is 7.34. The van der Waals surface area contributed by atoms with Crippen molar-refractivity contribution in [3.05, 3.63) is 59.6 Å². The molecule has 0 aliphatic heterocycles. The fourth-order valence-electron chi connectivity index (χ4n) is 4.46. The minimum Gasteiger partial charge on any atom is -0.367 e. The molecule has 10 heteroatoms. The first kappa shape index (κ1) is 25.8. The highest BCUT2D eigenvalue weighted by Gasteiger charge is 2.25. The molecular weight excluding hydrogens is 480 g/mol. The predicted molar refractivity (Wildman–Crippen MR) is 143 cm³/mol. The lowest BCUT2D eigenvalue weighted by Crippen LogP contribution is -2.19. The molecule has 0 bridgehead atoms. The number of halogens is 2. The number of aromatic nitrogens is 4. The second kappa shape index (κ2) is 11.2. The van der Waals surface area contributed by atoms with Crippen LogP contribution in [-0.2, 0) is 6.54 Å². The van der Waals surface area contributed by atoms with E-state index >= 15 is 0 Å². The van der Waals surface area contributed by atoms with Gasteiger partial charge in [0.1, 0.15) is 28.0 Å². The number of rotatable bonds is 9. The summed E-state index contributed by atoms with van der Waals surface area (Å²) in [6.07, 6.45) is 7.15. The summed E-state index contributed by atoms with van der Waals surface area (Å²) in [5.41, 5.74) is 8.75. The molecule has 4 N–H and O–H groups in total. The molecule has 3 aromatic heterocycles. The molecule has 1 aliphatic rings. The molecule has 1 unspecified atom stereocenters. The number of hydrogen-bond donors (Lipinski definition) is 3. The Morgan fingerprint density at radius 3 is 2.75 bits per heavy atom. The lowest BCUT2D eigenvalue weighted by atomic mass is 10.1. The Kier molecular flexibility index (Phi) is 8.05. The summed E-state index contributed by atoms with van der Waals surface area (Å²) in [6, 6.07) is 2.19. The van der Waals surface area contributed by atoms with Crippen LogP contribution in [0.2, 0.25) is 0 Å². The van der Waals surface area contributed by atoms with Crippen LogP contribution in [0.5, 0.6) is 0 Å². The molecule has 0 saturated heterocycles. The summed E-state index contributed by atoms with van der Waals surface area (Å²) in [4.78, 5) is 18.5. The Balaban J connectivity index is 1.74. The highest BCUT2D eigenvalue weighted by Crippen LogP contribution is 2.38. The van der Waals surface area contributed by atoms with E-state index in [4.69, 9.17) is 15.7 Å². The molecule has 4 rings (SSSR count). The average Bonchev–Trinajstić information content (AvgIpc) is 3.48. The van der Waals surface area contributed by atoms with E-state index in [1.54, 1.807) is 6.20 Å². The van der Waals surface area contributed by atoms with E-state index in [0.29, 0.717) is 24.0 Å². The monoisotopic (exact) mass is 511 g/mol. The molecular formula is C26H31F2N7S. The molecule has 0 amide bonds. The van der Waals surface area contributed by atoms with Gasteiger partial charge in [0, 0.05) is 30.9 Å². The summed E-state index contributed by atoms with van der Waals surface area (Å²) < 4.78 is 29.5. The minimum atomic E-state index is -0.733. The third-order valence-electron chi connectivity index (χ3n) is 6.35. The number of thiazole rings is 1. The molecule has 7 nitrogen and oxygen atoms in total. The first-order chi connectivity index (χ1) is 17.3. The molecule has 0 aromatic carbocycles. The van der Waals surface area contributed by atoms with Crippen molar-refractivity contribution in [2.75, 3.05) is 17.2 Å². The highest BCUT2D eigenvalue weighted by molar-refractivity contribution is 7.21. The van der Waals surface area contributed by atoms with Gasteiger partial charge in [-0.25, -0.2) is 18.7 Å². The van der Waals surface area contributed by atoms with Gasteiger partial charge in [-0.15, -0.1) is 11.3 Å². The van der Waals surface area contributed by atoms with E-state index in [0.717, 1.165) is 51.8 Å². The maximum Gasteiger partial charge on any atom is 0.225 e. The number of hydrogen-bond acceptors (Lipinski definition) is 8. The van der Waals surface area contributed by atoms with Crippen LogP contribution in [0, 0.1) is 12.8 Å². The molecule has 0 spiro atoms. The van der Waals surface area contributed by atoms with Crippen LogP contribution in [0.15, 0.2) is 48.2 Å². The van der Waals surface area contributed by atoms with Gasteiger partial charge in [-0.3, -0.25) is 4.98 Å². The quantitative estimate of drug-likeness (QED) is 0.294. The zero-order valence-electron chi connectivity index (χ0n) is 20.7. The molecule has 3 aromatic rings. The smallest absolute Gasteiger partial charge is 0.225 e. The van der Waals surface area contributed by atoms with Gasteiger partial charge in [-0.2, -0.15) is 4.98 Å². The number of nitrogens with one attached hydrogen (secondary N) is 2. The molecule has 1 saturated carbocycles. The molecule has 0 radical (unpaired) electrons. The van der Waals surface area contributed by atoms with Crippen LogP contribution in [0.25, 0.3) is 20.8 Å². The van der Waals surface area contributed by atoms with Crippen molar-refractivity contribution in [2.24, 2.45) is 11.7 Å². The average molecular weight is 512 g/mol. The van der Waals surface area contributed by atoms with Crippen molar-refractivity contribution in [3.8, 4) is 10.6 Å². The molecule has 1 fully saturated rings. The summed E-state index contributed by atoms with van der Waals surface area (Å²) >= 11 is 1.53. The molecule has 1 aliphatic carbocycles. The normalized spacial score (nSPS) is 18.9. The zero-order valence-corrected chi connectivity index (χ0v) is 21.6. The Bertz CT molecular complexity index is 1330. The number of anilines is 2. The number of fused-ring (bicyclic) bond motifs is 1. The maximum absolute atomic E-state index is 14.3. The third-order valence-corrected chi connectivity index (χ3v) is 7.39.